The van der Waals surface area contributed by atoms with Gasteiger partial charge in [0.2, 0.25) is 0 Å². The van der Waals surface area contributed by atoms with Gasteiger partial charge in [0.05, 0.1) is 5.92 Å². The molecule has 1 atom stereocenters. The number of carboxylic acid groups (broad SMARTS) is 1. The van der Waals surface area contributed by atoms with E-state index in [1.54, 1.807) is 0 Å². The summed E-state index contributed by atoms with van der Waals surface area (Å²) in [6, 6.07) is 9.38. The van der Waals surface area contributed by atoms with Gasteiger partial charge in [-0.2, -0.15) is 0 Å². The highest BCUT2D eigenvalue weighted by Crippen LogP contribution is 2.14. The van der Waals surface area contributed by atoms with Crippen molar-refractivity contribution < 1.29 is 9.90 Å². The fourth-order valence-electron chi connectivity index (χ4n) is 2.06. The zero-order chi connectivity index (χ0) is 14.1. The number of carbonyl (C=O) groups is 1. The molecule has 0 saturated carbocycles. The van der Waals surface area contributed by atoms with Crippen molar-refractivity contribution in [2.75, 3.05) is 32.7 Å². The summed E-state index contributed by atoms with van der Waals surface area (Å²) >= 11 is 0. The Labute approximate surface area is 115 Å². The maximum atomic E-state index is 11.3. The molecule has 0 aliphatic carbocycles. The van der Waals surface area contributed by atoms with Crippen molar-refractivity contribution in [1.29, 1.82) is 0 Å². The molecule has 1 unspecified atom stereocenters. The third-order valence-electron chi connectivity index (χ3n) is 3.35. The van der Waals surface area contributed by atoms with E-state index in [0.29, 0.717) is 6.54 Å². The molecule has 19 heavy (non-hydrogen) atoms. The molecular formula is C15H24N2O2. The van der Waals surface area contributed by atoms with E-state index in [4.69, 9.17) is 0 Å². The Kier molecular flexibility index (Phi) is 7.15. The molecule has 0 spiro atoms. The Hall–Kier alpha value is -1.39. The van der Waals surface area contributed by atoms with Crippen LogP contribution in [-0.2, 0) is 4.79 Å². The van der Waals surface area contributed by atoms with Crippen molar-refractivity contribution in [2.24, 2.45) is 0 Å². The molecule has 0 aliphatic rings. The molecular weight excluding hydrogens is 240 g/mol. The zero-order valence-corrected chi connectivity index (χ0v) is 11.8. The molecule has 0 bridgehead atoms. The number of aliphatic carboxylic acids is 1. The van der Waals surface area contributed by atoms with E-state index in [1.165, 1.54) is 0 Å². The lowest BCUT2D eigenvalue weighted by molar-refractivity contribution is -0.138. The van der Waals surface area contributed by atoms with Gasteiger partial charge in [-0.25, -0.2) is 0 Å². The Morgan fingerprint density at radius 3 is 2.42 bits per heavy atom. The molecule has 1 rings (SSSR count). The second kappa shape index (κ2) is 8.67. The third-order valence-corrected chi connectivity index (χ3v) is 3.35. The molecule has 0 radical (unpaired) electrons. The van der Waals surface area contributed by atoms with Crippen LogP contribution in [-0.4, -0.2) is 48.7 Å². The average molecular weight is 264 g/mol. The minimum Gasteiger partial charge on any atom is -0.481 e. The van der Waals surface area contributed by atoms with Crippen LogP contribution in [0.4, 0.5) is 0 Å². The highest BCUT2D eigenvalue weighted by molar-refractivity contribution is 5.76. The average Bonchev–Trinajstić information content (AvgIpc) is 2.43. The first-order valence-corrected chi connectivity index (χ1v) is 6.89. The van der Waals surface area contributed by atoms with Gasteiger partial charge < -0.3 is 15.3 Å². The summed E-state index contributed by atoms with van der Waals surface area (Å²) < 4.78 is 0. The SMILES string of the molecule is CCN(CC)CCNCC(C(=O)O)c1ccccc1. The first-order chi connectivity index (χ1) is 9.19. The fraction of sp³-hybridized carbons (Fsp3) is 0.533. The molecule has 1 aromatic carbocycles. The van der Waals surface area contributed by atoms with E-state index in [0.717, 1.165) is 31.7 Å². The van der Waals surface area contributed by atoms with Gasteiger partial charge >= 0.3 is 5.97 Å². The second-order valence-corrected chi connectivity index (χ2v) is 4.53. The summed E-state index contributed by atoms with van der Waals surface area (Å²) in [4.78, 5) is 13.6. The normalized spacial score (nSPS) is 12.6. The summed E-state index contributed by atoms with van der Waals surface area (Å²) in [5.74, 6) is -1.25. The van der Waals surface area contributed by atoms with Crippen LogP contribution in [0.25, 0.3) is 0 Å². The largest absolute Gasteiger partial charge is 0.481 e. The van der Waals surface area contributed by atoms with Crippen LogP contribution in [0.5, 0.6) is 0 Å². The van der Waals surface area contributed by atoms with Crippen molar-refractivity contribution in [1.82, 2.24) is 10.2 Å². The van der Waals surface area contributed by atoms with E-state index >= 15 is 0 Å². The topological polar surface area (TPSA) is 52.6 Å². The minimum atomic E-state index is -0.776. The number of nitrogens with one attached hydrogen (secondary N) is 1. The summed E-state index contributed by atoms with van der Waals surface area (Å²) in [7, 11) is 0. The monoisotopic (exact) mass is 264 g/mol. The van der Waals surface area contributed by atoms with Crippen LogP contribution < -0.4 is 5.32 Å². The maximum Gasteiger partial charge on any atom is 0.312 e. The Balaban J connectivity index is 2.42. The lowest BCUT2D eigenvalue weighted by Gasteiger charge is -2.19. The maximum absolute atomic E-state index is 11.3. The number of hydrogen-bond donors (Lipinski definition) is 2. The van der Waals surface area contributed by atoms with Crippen molar-refractivity contribution >= 4 is 5.97 Å². The number of hydrogen-bond acceptors (Lipinski definition) is 3. The Morgan fingerprint density at radius 1 is 1.26 bits per heavy atom. The quantitative estimate of drug-likeness (QED) is 0.668. The van der Waals surface area contributed by atoms with Crippen molar-refractivity contribution in [3.63, 3.8) is 0 Å². The number of carboxylic acids is 1. The molecule has 4 nitrogen and oxygen atoms in total. The Bertz CT molecular complexity index is 364. The standard InChI is InChI=1S/C15H24N2O2/c1-3-17(4-2)11-10-16-12-14(15(18)19)13-8-6-5-7-9-13/h5-9,14,16H,3-4,10-12H2,1-2H3,(H,18,19). The number of benzene rings is 1. The highest BCUT2D eigenvalue weighted by atomic mass is 16.4. The first-order valence-electron chi connectivity index (χ1n) is 6.89. The van der Waals surface area contributed by atoms with Crippen LogP contribution in [0.3, 0.4) is 0 Å². The van der Waals surface area contributed by atoms with Gasteiger partial charge in [-0.1, -0.05) is 44.2 Å². The van der Waals surface area contributed by atoms with E-state index in [2.05, 4.69) is 24.1 Å². The Morgan fingerprint density at radius 2 is 1.89 bits per heavy atom. The summed E-state index contributed by atoms with van der Waals surface area (Å²) in [6.07, 6.45) is 0. The molecule has 1 aromatic rings. The molecule has 0 aromatic heterocycles. The third kappa shape index (κ3) is 5.41. The summed E-state index contributed by atoms with van der Waals surface area (Å²) in [5.41, 5.74) is 0.852. The van der Waals surface area contributed by atoms with E-state index in [1.807, 2.05) is 30.3 Å². The molecule has 0 heterocycles. The predicted molar refractivity (Wildman–Crippen MR) is 77.5 cm³/mol. The smallest absolute Gasteiger partial charge is 0.312 e. The van der Waals surface area contributed by atoms with Crippen LogP contribution in [0.2, 0.25) is 0 Å². The number of rotatable bonds is 9. The molecule has 0 amide bonds. The number of nitrogens with zero attached hydrogens (tertiary/aromatic N) is 1. The van der Waals surface area contributed by atoms with Gasteiger partial charge in [0.1, 0.15) is 0 Å². The fourth-order valence-corrected chi connectivity index (χ4v) is 2.06. The predicted octanol–water partition coefficient (Wildman–Crippen LogP) is 1.79. The van der Waals surface area contributed by atoms with Gasteiger partial charge in [0.15, 0.2) is 0 Å². The lowest BCUT2D eigenvalue weighted by Crippen LogP contribution is -2.35. The van der Waals surface area contributed by atoms with Gasteiger partial charge in [-0.15, -0.1) is 0 Å². The van der Waals surface area contributed by atoms with E-state index in [-0.39, 0.29) is 0 Å². The van der Waals surface area contributed by atoms with Crippen molar-refractivity contribution in [3.8, 4) is 0 Å². The van der Waals surface area contributed by atoms with Gasteiger partial charge in [-0.05, 0) is 18.7 Å². The van der Waals surface area contributed by atoms with Crippen LogP contribution in [0.15, 0.2) is 30.3 Å². The van der Waals surface area contributed by atoms with Crippen LogP contribution in [0.1, 0.15) is 25.3 Å². The minimum absolute atomic E-state index is 0.473. The van der Waals surface area contributed by atoms with Crippen molar-refractivity contribution in [3.05, 3.63) is 35.9 Å². The second-order valence-electron chi connectivity index (χ2n) is 4.53. The molecule has 0 fully saturated rings. The van der Waals surface area contributed by atoms with Crippen LogP contribution >= 0.6 is 0 Å². The van der Waals surface area contributed by atoms with Gasteiger partial charge in [0, 0.05) is 19.6 Å². The summed E-state index contributed by atoms with van der Waals surface area (Å²) in [6.45, 7) is 8.56. The molecule has 106 valence electrons. The molecule has 2 N–H and O–H groups in total. The number of likely N-dealkylation sites (N-methyl/N-ethyl adjacent to an activating group) is 1. The molecule has 4 heteroatoms. The van der Waals surface area contributed by atoms with Gasteiger partial charge in [-0.3, -0.25) is 4.79 Å². The lowest BCUT2D eigenvalue weighted by atomic mass is 9.99. The summed E-state index contributed by atoms with van der Waals surface area (Å²) in [5, 5.41) is 12.5. The van der Waals surface area contributed by atoms with Crippen molar-refractivity contribution in [2.45, 2.75) is 19.8 Å². The zero-order valence-electron chi connectivity index (χ0n) is 11.8. The van der Waals surface area contributed by atoms with E-state index < -0.39 is 11.9 Å². The van der Waals surface area contributed by atoms with Gasteiger partial charge in [0.25, 0.3) is 0 Å². The molecule has 0 aliphatic heterocycles. The van der Waals surface area contributed by atoms with E-state index in [9.17, 15) is 9.90 Å². The van der Waals surface area contributed by atoms with Crippen LogP contribution in [0, 0.1) is 0 Å². The first kappa shape index (κ1) is 15.7. The molecule has 0 saturated heterocycles. The highest BCUT2D eigenvalue weighted by Gasteiger charge is 2.18.